The zero-order valence-electron chi connectivity index (χ0n) is 19.6. The summed E-state index contributed by atoms with van der Waals surface area (Å²) < 4.78 is 19.2. The maximum Gasteiger partial charge on any atom is 0.302 e. The number of aryl methyl sites for hydroxylation is 1. The van der Waals surface area contributed by atoms with E-state index in [0.717, 1.165) is 5.56 Å². The Hall–Kier alpha value is -4.75. The molecule has 2 aromatic carbocycles. The molecule has 1 aliphatic heterocycles. The Kier molecular flexibility index (Phi) is 6.29. The molecule has 1 amide bonds. The largest absolute Gasteiger partial charge is 0.423 e. The molecule has 0 saturated heterocycles. The van der Waals surface area contributed by atoms with Crippen LogP contribution < -0.4 is 16.0 Å². The van der Waals surface area contributed by atoms with E-state index in [1.54, 1.807) is 19.1 Å². The van der Waals surface area contributed by atoms with E-state index in [2.05, 4.69) is 25.9 Å². The van der Waals surface area contributed by atoms with E-state index in [9.17, 15) is 9.18 Å². The Morgan fingerprint density at radius 2 is 2.03 bits per heavy atom. The first-order chi connectivity index (χ1) is 17.8. The number of oxazole rings is 1. The summed E-state index contributed by atoms with van der Waals surface area (Å²) in [7, 11) is 0. The molecule has 0 aliphatic carbocycles. The highest BCUT2D eigenvalue weighted by atomic mass is 35.5. The number of hydrogen-bond acceptors (Lipinski definition) is 8. The monoisotopic (exact) mass is 515 g/mol. The number of halogens is 2. The fourth-order valence-corrected chi connectivity index (χ4v) is 4.26. The second-order valence-corrected chi connectivity index (χ2v) is 8.73. The van der Waals surface area contributed by atoms with Crippen molar-refractivity contribution in [1.29, 1.82) is 5.26 Å². The van der Waals surface area contributed by atoms with Gasteiger partial charge in [-0.1, -0.05) is 23.7 Å². The van der Waals surface area contributed by atoms with Crippen LogP contribution in [-0.2, 0) is 4.79 Å². The van der Waals surface area contributed by atoms with Gasteiger partial charge in [0.15, 0.2) is 5.58 Å². The third kappa shape index (κ3) is 4.98. The summed E-state index contributed by atoms with van der Waals surface area (Å²) in [4.78, 5) is 26.6. The summed E-state index contributed by atoms with van der Waals surface area (Å²) in [5.74, 6) is -0.423. The summed E-state index contributed by atoms with van der Waals surface area (Å²) in [6.07, 6.45) is 1.44. The number of rotatable bonds is 4. The number of carbonyl (C=O) groups excluding carboxylic acids is 1. The van der Waals surface area contributed by atoms with E-state index in [1.807, 2.05) is 25.1 Å². The number of nitriles is 1. The molecule has 1 aliphatic rings. The van der Waals surface area contributed by atoms with Crippen LogP contribution in [0.2, 0.25) is 5.02 Å². The molecule has 0 radical (unpaired) electrons. The molecule has 0 fully saturated rings. The van der Waals surface area contributed by atoms with Crippen molar-refractivity contribution >= 4 is 46.4 Å². The number of amides is 1. The van der Waals surface area contributed by atoms with Crippen molar-refractivity contribution in [2.45, 2.75) is 19.9 Å². The maximum absolute atomic E-state index is 13.6. The lowest BCUT2D eigenvalue weighted by atomic mass is 9.95. The van der Waals surface area contributed by atoms with Gasteiger partial charge in [0.25, 0.3) is 5.91 Å². The molecule has 3 heterocycles. The van der Waals surface area contributed by atoms with E-state index in [-0.39, 0.29) is 23.4 Å². The third-order valence-corrected chi connectivity index (χ3v) is 5.97. The lowest BCUT2D eigenvalue weighted by molar-refractivity contribution is -0.113. The molecule has 0 spiro atoms. The predicted molar refractivity (Wildman–Crippen MR) is 137 cm³/mol. The summed E-state index contributed by atoms with van der Waals surface area (Å²) >= 11 is 6.58. The number of pyridine rings is 1. The van der Waals surface area contributed by atoms with Crippen LogP contribution in [0, 0.1) is 24.1 Å². The minimum atomic E-state index is -0.794. The van der Waals surface area contributed by atoms with E-state index in [0.29, 0.717) is 32.9 Å². The summed E-state index contributed by atoms with van der Waals surface area (Å²) in [6, 6.07) is 13.9. The number of benzene rings is 2. The Morgan fingerprint density at radius 3 is 2.81 bits per heavy atom. The van der Waals surface area contributed by atoms with E-state index < -0.39 is 17.8 Å². The molecule has 0 saturated carbocycles. The highest BCUT2D eigenvalue weighted by molar-refractivity contribution is 6.31. The van der Waals surface area contributed by atoms with E-state index in [4.69, 9.17) is 26.3 Å². The molecule has 4 aromatic rings. The standard InChI is InChI=1S/C26H19ClFN7O2/c1-13-3-5-17(18(27)9-13)23-22(24(36)33-21-10-15(12-29)7-8-30-21)14(2)31-25(34-23)35-26-32-19-6-4-16(28)11-20(19)37-26/h3-11,23H,1-2H3,(H,30,33,36)(H2,31,32,34,35). The first kappa shape index (κ1) is 24.0. The van der Waals surface area contributed by atoms with Gasteiger partial charge >= 0.3 is 6.01 Å². The van der Waals surface area contributed by atoms with Crippen molar-refractivity contribution in [2.24, 2.45) is 4.99 Å². The number of aromatic nitrogens is 2. The second kappa shape index (κ2) is 9.72. The molecule has 1 unspecified atom stereocenters. The third-order valence-electron chi connectivity index (χ3n) is 5.64. The molecule has 9 nitrogen and oxygen atoms in total. The minimum Gasteiger partial charge on any atom is -0.423 e. The number of carbonyl (C=O) groups is 1. The van der Waals surface area contributed by atoms with Crippen LogP contribution in [0.15, 0.2) is 75.4 Å². The second-order valence-electron chi connectivity index (χ2n) is 8.32. The topological polar surface area (TPSA) is 128 Å². The number of guanidine groups is 1. The number of allylic oxidation sites excluding steroid dienone is 1. The van der Waals surface area contributed by atoms with Gasteiger partial charge in [-0.3, -0.25) is 10.1 Å². The van der Waals surface area contributed by atoms with Crippen molar-refractivity contribution in [3.8, 4) is 6.07 Å². The summed E-state index contributed by atoms with van der Waals surface area (Å²) in [5.41, 5.74) is 3.46. The van der Waals surface area contributed by atoms with Gasteiger partial charge in [0.1, 0.15) is 23.2 Å². The normalized spacial score (nSPS) is 15.1. The van der Waals surface area contributed by atoms with Crippen LogP contribution in [0.1, 0.15) is 29.7 Å². The van der Waals surface area contributed by atoms with Gasteiger partial charge in [0.2, 0.25) is 5.96 Å². The van der Waals surface area contributed by atoms with Gasteiger partial charge in [0.05, 0.1) is 17.2 Å². The Bertz CT molecular complexity index is 1650. The number of nitrogens with one attached hydrogen (secondary N) is 3. The Labute approximate surface area is 215 Å². The molecule has 2 aromatic heterocycles. The molecule has 0 bridgehead atoms. The number of fused-ring (bicyclic) bond motifs is 1. The predicted octanol–water partition coefficient (Wildman–Crippen LogP) is 5.22. The number of aliphatic imine (C=N–C) groups is 1. The van der Waals surface area contributed by atoms with Gasteiger partial charge in [-0.15, -0.1) is 0 Å². The molecule has 184 valence electrons. The van der Waals surface area contributed by atoms with Gasteiger partial charge in [-0.05, 0) is 49.7 Å². The Balaban J connectivity index is 1.50. The van der Waals surface area contributed by atoms with Crippen LogP contribution in [0.4, 0.5) is 16.2 Å². The molecule has 3 N–H and O–H groups in total. The van der Waals surface area contributed by atoms with E-state index >= 15 is 0 Å². The van der Waals surface area contributed by atoms with Gasteiger partial charge in [-0.25, -0.2) is 14.4 Å². The van der Waals surface area contributed by atoms with Gasteiger partial charge in [-0.2, -0.15) is 10.2 Å². The molecule has 11 heteroatoms. The first-order valence-electron chi connectivity index (χ1n) is 11.1. The lowest BCUT2D eigenvalue weighted by Crippen LogP contribution is -2.37. The van der Waals surface area contributed by atoms with Crippen LogP contribution in [-0.4, -0.2) is 21.8 Å². The smallest absolute Gasteiger partial charge is 0.302 e. The number of hydrogen-bond donors (Lipinski definition) is 3. The quantitative estimate of drug-likeness (QED) is 0.340. The van der Waals surface area contributed by atoms with Gasteiger partial charge in [0, 0.05) is 28.5 Å². The van der Waals surface area contributed by atoms with Crippen LogP contribution in [0.25, 0.3) is 11.1 Å². The van der Waals surface area contributed by atoms with Crippen LogP contribution in [0.3, 0.4) is 0 Å². The van der Waals surface area contributed by atoms with Crippen molar-refractivity contribution in [2.75, 3.05) is 10.6 Å². The number of nitrogens with zero attached hydrogens (tertiary/aromatic N) is 4. The minimum absolute atomic E-state index is 0.0961. The number of anilines is 2. The Morgan fingerprint density at radius 1 is 1.19 bits per heavy atom. The molecule has 37 heavy (non-hydrogen) atoms. The summed E-state index contributed by atoms with van der Waals surface area (Å²) in [6.45, 7) is 3.63. The molecular formula is C26H19ClFN7O2. The molecule has 1 atom stereocenters. The molecular weight excluding hydrogens is 497 g/mol. The fourth-order valence-electron chi connectivity index (χ4n) is 3.92. The zero-order chi connectivity index (χ0) is 26.1. The highest BCUT2D eigenvalue weighted by Gasteiger charge is 2.31. The SMILES string of the molecule is CC1=C(C(=O)Nc2cc(C#N)ccn2)C(c2ccc(C)cc2Cl)N=C(Nc2nc3ccc(F)cc3o2)N1. The average Bonchev–Trinajstić information content (AvgIpc) is 3.25. The zero-order valence-corrected chi connectivity index (χ0v) is 20.4. The van der Waals surface area contributed by atoms with Crippen LogP contribution in [0.5, 0.6) is 0 Å². The summed E-state index contributed by atoms with van der Waals surface area (Å²) in [5, 5.41) is 18.4. The average molecular weight is 516 g/mol. The van der Waals surface area contributed by atoms with Crippen molar-refractivity contribution in [3.63, 3.8) is 0 Å². The van der Waals surface area contributed by atoms with Gasteiger partial charge < -0.3 is 15.1 Å². The lowest BCUT2D eigenvalue weighted by Gasteiger charge is -2.27. The van der Waals surface area contributed by atoms with Crippen molar-refractivity contribution in [3.05, 3.63) is 93.5 Å². The highest BCUT2D eigenvalue weighted by Crippen LogP contribution is 2.36. The van der Waals surface area contributed by atoms with Crippen molar-refractivity contribution in [1.82, 2.24) is 15.3 Å². The van der Waals surface area contributed by atoms with Crippen LogP contribution >= 0.6 is 11.6 Å². The fraction of sp³-hybridized carbons (Fsp3) is 0.115. The molecule has 5 rings (SSSR count). The van der Waals surface area contributed by atoms with Crippen molar-refractivity contribution < 1.29 is 13.6 Å². The maximum atomic E-state index is 13.6. The van der Waals surface area contributed by atoms with E-state index in [1.165, 1.54) is 30.5 Å². The first-order valence-corrected chi connectivity index (χ1v) is 11.5.